The van der Waals surface area contributed by atoms with Gasteiger partial charge in [0.1, 0.15) is 0 Å². The van der Waals surface area contributed by atoms with E-state index in [1.54, 1.807) is 16.7 Å². The molecule has 0 spiro atoms. The molecule has 0 saturated heterocycles. The highest BCUT2D eigenvalue weighted by Crippen LogP contribution is 2.29. The molecule has 0 aliphatic rings. The van der Waals surface area contributed by atoms with Crippen molar-refractivity contribution in [3.05, 3.63) is 34.5 Å². The van der Waals surface area contributed by atoms with E-state index in [0.717, 1.165) is 10.8 Å². The first kappa shape index (κ1) is 14.0. The molecule has 1 aromatic carbocycles. The van der Waals surface area contributed by atoms with Gasteiger partial charge in [-0.05, 0) is 6.07 Å². The molecule has 1 N–H and O–H groups in total. The fourth-order valence-electron chi connectivity index (χ4n) is 1.28. The van der Waals surface area contributed by atoms with Crippen LogP contribution in [0, 0.1) is 17.2 Å². The van der Waals surface area contributed by atoms with Crippen molar-refractivity contribution < 1.29 is 34.0 Å². The highest BCUT2D eigenvalue weighted by molar-refractivity contribution is 7.10. The molecule has 7 heteroatoms. The predicted molar refractivity (Wildman–Crippen MR) is 52.6 cm³/mol. The van der Waals surface area contributed by atoms with Crippen LogP contribution in [0.5, 0.6) is 5.75 Å². The zero-order valence-corrected chi connectivity index (χ0v) is 10.3. The van der Waals surface area contributed by atoms with Crippen LogP contribution in [0.1, 0.15) is 4.88 Å². The summed E-state index contributed by atoms with van der Waals surface area (Å²) >= 11 is 1.57. The van der Waals surface area contributed by atoms with Crippen molar-refractivity contribution in [3.8, 4) is 5.75 Å². The molecule has 0 saturated carbocycles. The maximum Gasteiger partial charge on any atom is 0.238 e. The summed E-state index contributed by atoms with van der Waals surface area (Å²) in [6.07, 6.45) is 0. The van der Waals surface area contributed by atoms with Gasteiger partial charge < -0.3 is 5.11 Å². The fraction of sp³-hybridized carbons (Fsp3) is 0.100. The molecule has 0 amide bonds. The molecule has 0 atom stereocenters. The summed E-state index contributed by atoms with van der Waals surface area (Å²) in [4.78, 5) is 1.24. The average Bonchev–Trinajstić information content (AvgIpc) is 2.22. The highest BCUT2D eigenvalue weighted by atomic mass is 35.7. The van der Waals surface area contributed by atoms with E-state index in [1.807, 2.05) is 24.3 Å². The van der Waals surface area contributed by atoms with Crippen molar-refractivity contribution in [2.75, 3.05) is 0 Å². The number of fused-ring (bicyclic) bond motifs is 1. The quantitative estimate of drug-likeness (QED) is 0.585. The van der Waals surface area contributed by atoms with Crippen molar-refractivity contribution >= 4 is 22.1 Å². The Labute approximate surface area is 104 Å². The van der Waals surface area contributed by atoms with Crippen LogP contribution < -0.4 is 18.6 Å². The van der Waals surface area contributed by atoms with Gasteiger partial charge in [0.15, 0.2) is 5.75 Å². The van der Waals surface area contributed by atoms with Crippen LogP contribution in [0.4, 0.5) is 0 Å². The minimum absolute atomic E-state index is 0.376. The standard InChI is InChI=1S/C10H8OS.ClHO4/c1-7-8-4-2-3-5-9(8)10(11)6-12-7;2-1(3,4)5/h2-6H,1H3;(H,2,3,4,5). The maximum absolute atomic E-state index is 9.51. The molecule has 2 aromatic rings. The van der Waals surface area contributed by atoms with Gasteiger partial charge in [-0.2, -0.15) is 0 Å². The smallest absolute Gasteiger partial charge is 0.238 e. The second-order valence-electron chi connectivity index (χ2n) is 3.10. The number of aryl methyl sites for hydroxylation is 1. The molecule has 2 rings (SSSR count). The van der Waals surface area contributed by atoms with E-state index in [9.17, 15) is 5.11 Å². The van der Waals surface area contributed by atoms with E-state index in [1.165, 1.54) is 4.88 Å². The summed E-state index contributed by atoms with van der Waals surface area (Å²) in [6, 6.07) is 7.89. The van der Waals surface area contributed by atoms with Crippen molar-refractivity contribution in [2.45, 2.75) is 6.92 Å². The van der Waals surface area contributed by atoms with Crippen LogP contribution in [0.25, 0.3) is 10.8 Å². The van der Waals surface area contributed by atoms with E-state index >= 15 is 0 Å². The van der Waals surface area contributed by atoms with Crippen LogP contribution in [-0.2, 0) is 0 Å². The molecule has 0 aliphatic heterocycles. The summed E-state index contributed by atoms with van der Waals surface area (Å²) in [6.45, 7) is 2.06. The van der Waals surface area contributed by atoms with Gasteiger partial charge in [0.05, 0.1) is 0 Å². The van der Waals surface area contributed by atoms with Gasteiger partial charge in [-0.15, -0.1) is 10.2 Å². The second kappa shape index (κ2) is 5.54. The number of halogens is 1. The normalized spacial score (nSPS) is 10.9. The van der Waals surface area contributed by atoms with Gasteiger partial charge in [-0.25, -0.2) is 18.6 Å². The van der Waals surface area contributed by atoms with E-state index in [-0.39, 0.29) is 0 Å². The topological polar surface area (TPSA) is 112 Å². The first-order valence-electron chi connectivity index (χ1n) is 4.40. The molecule has 0 unspecified atom stereocenters. The van der Waals surface area contributed by atoms with Gasteiger partial charge in [-0.1, -0.05) is 18.2 Å². The Hall–Kier alpha value is -1.02. The van der Waals surface area contributed by atoms with Crippen molar-refractivity contribution in [1.29, 1.82) is 0 Å². The Morgan fingerprint density at radius 3 is 2.00 bits per heavy atom. The Kier molecular flexibility index (Phi) is 4.58. The molecule has 17 heavy (non-hydrogen) atoms. The van der Waals surface area contributed by atoms with E-state index in [4.69, 9.17) is 18.6 Å². The van der Waals surface area contributed by atoms with E-state index in [0.29, 0.717) is 5.75 Å². The molecule has 1 aromatic heterocycles. The Balaban J connectivity index is 0.000000249. The summed E-state index contributed by atoms with van der Waals surface area (Å²) < 4.78 is 34.0. The SMILES string of the molecule is Cc1[s+]cc(O)c2ccccc12.[O-][Cl+3]([O-])([O-])[O-]. The number of benzene rings is 1. The molecule has 0 fully saturated rings. The zero-order valence-electron chi connectivity index (χ0n) is 8.75. The first-order valence-corrected chi connectivity index (χ1v) is 6.51. The Morgan fingerprint density at radius 1 is 1.06 bits per heavy atom. The third kappa shape index (κ3) is 4.78. The largest absolute Gasteiger partial charge is 0.503 e. The van der Waals surface area contributed by atoms with Crippen molar-refractivity contribution in [2.24, 2.45) is 0 Å². The Bertz CT molecular complexity index is 465. The van der Waals surface area contributed by atoms with E-state index < -0.39 is 10.2 Å². The number of hydrogen-bond acceptors (Lipinski definition) is 5. The summed E-state index contributed by atoms with van der Waals surface area (Å²) in [5, 5.41) is 13.4. The van der Waals surface area contributed by atoms with Gasteiger partial charge in [0, 0.05) is 17.7 Å². The monoisotopic (exact) mass is 276 g/mol. The van der Waals surface area contributed by atoms with Crippen LogP contribution in [-0.4, -0.2) is 5.11 Å². The highest BCUT2D eigenvalue weighted by Gasteiger charge is 2.09. The lowest BCUT2D eigenvalue weighted by Crippen LogP contribution is -2.68. The molecule has 0 aliphatic carbocycles. The van der Waals surface area contributed by atoms with Gasteiger partial charge in [-0.3, -0.25) is 0 Å². The molecule has 0 bridgehead atoms. The van der Waals surface area contributed by atoms with Gasteiger partial charge in [0.25, 0.3) is 0 Å². The average molecular weight is 277 g/mol. The molecule has 1 heterocycles. The molecule has 5 nitrogen and oxygen atoms in total. The number of aromatic hydroxyl groups is 1. The lowest BCUT2D eigenvalue weighted by molar-refractivity contribution is -2.00. The van der Waals surface area contributed by atoms with Crippen LogP contribution in [0.15, 0.2) is 29.6 Å². The Morgan fingerprint density at radius 2 is 1.53 bits per heavy atom. The summed E-state index contributed by atoms with van der Waals surface area (Å²) in [5.74, 6) is 0.376. The third-order valence-corrected chi connectivity index (χ3v) is 2.84. The number of hydrogen-bond donors (Lipinski definition) is 1. The molecular weight excluding hydrogens is 268 g/mol. The minimum atomic E-state index is -4.94. The van der Waals surface area contributed by atoms with Gasteiger partial charge >= 0.3 is 0 Å². The number of rotatable bonds is 0. The summed E-state index contributed by atoms with van der Waals surface area (Å²) in [7, 11) is -4.94. The first-order chi connectivity index (χ1) is 7.79. The third-order valence-electron chi connectivity index (χ3n) is 1.93. The summed E-state index contributed by atoms with van der Waals surface area (Å²) in [5.41, 5.74) is 0. The van der Waals surface area contributed by atoms with Crippen LogP contribution in [0.3, 0.4) is 0 Å². The van der Waals surface area contributed by atoms with Crippen LogP contribution >= 0.6 is 11.3 Å². The van der Waals surface area contributed by atoms with Gasteiger partial charge in [0.2, 0.25) is 21.6 Å². The van der Waals surface area contributed by atoms with Crippen LogP contribution in [0.2, 0.25) is 0 Å². The molecule has 0 radical (unpaired) electrons. The van der Waals surface area contributed by atoms with E-state index in [2.05, 4.69) is 6.92 Å². The fourth-order valence-corrected chi connectivity index (χ4v) is 2.00. The lowest BCUT2D eigenvalue weighted by atomic mass is 10.1. The van der Waals surface area contributed by atoms with Crippen molar-refractivity contribution in [1.82, 2.24) is 0 Å². The molecular formula is C10H9ClO5S. The minimum Gasteiger partial charge on any atom is -0.503 e. The lowest BCUT2D eigenvalue weighted by Gasteiger charge is -2.17. The second-order valence-corrected chi connectivity index (χ2v) is 4.94. The maximum atomic E-state index is 9.51. The van der Waals surface area contributed by atoms with Crippen molar-refractivity contribution in [3.63, 3.8) is 0 Å². The zero-order chi connectivity index (χ0) is 13.1. The molecule has 92 valence electrons. The predicted octanol–water partition coefficient (Wildman–Crippen LogP) is -1.56.